The van der Waals surface area contributed by atoms with E-state index in [1.807, 2.05) is 18.2 Å². The maximum Gasteiger partial charge on any atom is 0.255 e. The van der Waals surface area contributed by atoms with Crippen molar-refractivity contribution in [2.45, 2.75) is 0 Å². The highest BCUT2D eigenvalue weighted by molar-refractivity contribution is 7.92. The number of hydrogen-bond donors (Lipinski definition) is 1. The van der Waals surface area contributed by atoms with Crippen LogP contribution in [0.15, 0.2) is 87.7 Å². The summed E-state index contributed by atoms with van der Waals surface area (Å²) in [5.74, 6) is -0.340. The van der Waals surface area contributed by atoms with Crippen molar-refractivity contribution in [2.75, 3.05) is 24.7 Å². The molecule has 8 nitrogen and oxygen atoms in total. The van der Waals surface area contributed by atoms with Crippen LogP contribution in [0.1, 0.15) is 10.4 Å². The normalized spacial score (nSPS) is 11.7. The van der Waals surface area contributed by atoms with Gasteiger partial charge in [0.05, 0.1) is 28.1 Å². The van der Waals surface area contributed by atoms with Gasteiger partial charge in [0.2, 0.25) is 15.9 Å². The zero-order chi connectivity index (χ0) is 29.8. The van der Waals surface area contributed by atoms with Crippen molar-refractivity contribution in [3.63, 3.8) is 0 Å². The fraction of sp³-hybridized carbons (Fsp3) is 0.0968. The van der Waals surface area contributed by atoms with E-state index in [0.717, 1.165) is 10.6 Å². The Hall–Kier alpha value is -4.67. The third-order valence-electron chi connectivity index (χ3n) is 7.01. The maximum atomic E-state index is 13.7. The second-order valence-electron chi connectivity index (χ2n) is 9.67. The molecule has 0 unspecified atom stereocenters. The van der Waals surface area contributed by atoms with Gasteiger partial charge in [-0.3, -0.25) is 9.10 Å². The number of nitrogens with one attached hydrogen (secondary N) is 1. The van der Waals surface area contributed by atoms with Gasteiger partial charge >= 0.3 is 0 Å². The van der Waals surface area contributed by atoms with Crippen LogP contribution in [0.3, 0.4) is 0 Å². The number of halogens is 2. The van der Waals surface area contributed by atoms with Crippen LogP contribution in [0.5, 0.6) is 0 Å². The van der Waals surface area contributed by atoms with Crippen molar-refractivity contribution in [2.24, 2.45) is 0 Å². The average Bonchev–Trinajstić information content (AvgIpc) is 3.57. The first-order chi connectivity index (χ1) is 20.0. The largest absolute Gasteiger partial charge is 0.455 e. The molecule has 2 heterocycles. The van der Waals surface area contributed by atoms with Crippen LogP contribution < -0.4 is 9.62 Å². The van der Waals surface area contributed by atoms with Crippen LogP contribution in [0.2, 0.25) is 5.02 Å². The zero-order valence-corrected chi connectivity index (χ0v) is 24.2. The number of carbonyl (C=O) groups is 1. The summed E-state index contributed by atoms with van der Waals surface area (Å²) in [5, 5.41) is 3.46. The predicted octanol–water partition coefficient (Wildman–Crippen LogP) is 7.12. The summed E-state index contributed by atoms with van der Waals surface area (Å²) in [6.45, 7) is 0. The van der Waals surface area contributed by atoms with Gasteiger partial charge in [0.1, 0.15) is 22.7 Å². The molecule has 0 atom stereocenters. The summed E-state index contributed by atoms with van der Waals surface area (Å²) in [7, 11) is -0.784. The van der Waals surface area contributed by atoms with E-state index >= 15 is 0 Å². The SMILES string of the molecule is CNC(=O)c1c(-c2ccc(F)cc2)oc2cc(N(C)S(C)(=O)=O)c(-c3ccc(Cl)c(-c4nc5ccccc5o4)c3)cc12. The number of carbonyl (C=O) groups excluding carboxylic acids is 1. The minimum absolute atomic E-state index is 0.220. The first kappa shape index (κ1) is 27.5. The summed E-state index contributed by atoms with van der Waals surface area (Å²) in [4.78, 5) is 17.7. The van der Waals surface area contributed by atoms with E-state index in [-0.39, 0.29) is 16.9 Å². The van der Waals surface area contributed by atoms with Gasteiger partial charge in [0.25, 0.3) is 5.91 Å². The van der Waals surface area contributed by atoms with E-state index in [1.54, 1.807) is 36.4 Å². The molecule has 0 aliphatic rings. The number of fused-ring (bicyclic) bond motifs is 2. The topological polar surface area (TPSA) is 106 Å². The number of para-hydroxylation sites is 2. The molecule has 4 aromatic carbocycles. The van der Waals surface area contributed by atoms with Crippen molar-refractivity contribution >= 4 is 55.3 Å². The Morgan fingerprint density at radius 1 is 0.929 bits per heavy atom. The summed E-state index contributed by atoms with van der Waals surface area (Å²) in [5.41, 5.74) is 4.12. The van der Waals surface area contributed by atoms with E-state index in [0.29, 0.717) is 55.3 Å². The van der Waals surface area contributed by atoms with Crippen molar-refractivity contribution in [3.05, 3.63) is 95.3 Å². The molecule has 1 N–H and O–H groups in total. The maximum absolute atomic E-state index is 13.7. The molecule has 0 aliphatic heterocycles. The van der Waals surface area contributed by atoms with Gasteiger partial charge in [-0.1, -0.05) is 29.8 Å². The predicted molar refractivity (Wildman–Crippen MR) is 162 cm³/mol. The van der Waals surface area contributed by atoms with Gasteiger partial charge in [0, 0.05) is 36.7 Å². The lowest BCUT2D eigenvalue weighted by Crippen LogP contribution is -2.25. The van der Waals surface area contributed by atoms with Crippen LogP contribution in [-0.4, -0.2) is 39.7 Å². The van der Waals surface area contributed by atoms with Crippen molar-refractivity contribution in [3.8, 4) is 33.9 Å². The molecule has 11 heteroatoms. The molecular formula is C31H23ClFN3O5S. The Balaban J connectivity index is 1.63. The Morgan fingerprint density at radius 2 is 1.64 bits per heavy atom. The molecule has 0 saturated heterocycles. The third-order valence-corrected chi connectivity index (χ3v) is 8.53. The molecule has 0 bridgehead atoms. The van der Waals surface area contributed by atoms with Crippen LogP contribution >= 0.6 is 11.6 Å². The number of amides is 1. The second kappa shape index (κ2) is 10.3. The standard InChI is InChI=1S/C31H23ClFN3O5S/c1-34-30(37)28-22-15-20(18-10-13-23(32)21(14-18)31-35-24-6-4-5-7-26(24)41-31)25(36(2)42(3,38)39)16-27(22)40-29(28)17-8-11-19(33)12-9-17/h4-16H,1-3H3,(H,34,37). The molecule has 2 aromatic heterocycles. The Bertz CT molecular complexity index is 2090. The van der Waals surface area contributed by atoms with Crippen molar-refractivity contribution in [1.29, 1.82) is 0 Å². The molecule has 6 rings (SSSR count). The summed E-state index contributed by atoms with van der Waals surface area (Å²) in [6.07, 6.45) is 1.09. The smallest absolute Gasteiger partial charge is 0.255 e. The van der Waals surface area contributed by atoms with Gasteiger partial charge in [-0.05, 0) is 60.2 Å². The second-order valence-corrected chi connectivity index (χ2v) is 12.1. The average molecular weight is 604 g/mol. The van der Waals surface area contributed by atoms with E-state index < -0.39 is 21.7 Å². The van der Waals surface area contributed by atoms with Gasteiger partial charge in [-0.2, -0.15) is 0 Å². The Labute approximate surface area is 245 Å². The van der Waals surface area contributed by atoms with Crippen LogP contribution in [-0.2, 0) is 10.0 Å². The van der Waals surface area contributed by atoms with E-state index in [1.165, 1.54) is 38.4 Å². The highest BCUT2D eigenvalue weighted by atomic mass is 35.5. The van der Waals surface area contributed by atoms with Gasteiger partial charge < -0.3 is 14.2 Å². The molecular weight excluding hydrogens is 581 g/mol. The summed E-state index contributed by atoms with van der Waals surface area (Å²) < 4.78 is 52.4. The van der Waals surface area contributed by atoms with Crippen molar-refractivity contribution < 1.29 is 26.4 Å². The van der Waals surface area contributed by atoms with Crippen molar-refractivity contribution in [1.82, 2.24) is 10.3 Å². The molecule has 0 saturated carbocycles. The monoisotopic (exact) mass is 603 g/mol. The number of furan rings is 1. The molecule has 0 radical (unpaired) electrons. The number of rotatable bonds is 6. The Kier molecular flexibility index (Phi) is 6.75. The third kappa shape index (κ3) is 4.78. The molecule has 212 valence electrons. The molecule has 42 heavy (non-hydrogen) atoms. The van der Waals surface area contributed by atoms with E-state index in [2.05, 4.69) is 10.3 Å². The van der Waals surface area contributed by atoms with Gasteiger partial charge in [-0.25, -0.2) is 17.8 Å². The number of sulfonamides is 1. The van der Waals surface area contributed by atoms with Crippen LogP contribution in [0.4, 0.5) is 10.1 Å². The number of anilines is 1. The number of benzene rings is 4. The number of oxazole rings is 1. The lowest BCUT2D eigenvalue weighted by molar-refractivity contribution is 0.0964. The quantitative estimate of drug-likeness (QED) is 0.217. The molecule has 1 amide bonds. The van der Waals surface area contributed by atoms with E-state index in [4.69, 9.17) is 20.4 Å². The lowest BCUT2D eigenvalue weighted by atomic mass is 9.97. The minimum atomic E-state index is -3.71. The Morgan fingerprint density at radius 3 is 2.33 bits per heavy atom. The van der Waals surface area contributed by atoms with Crippen LogP contribution in [0, 0.1) is 5.82 Å². The van der Waals surface area contributed by atoms with Gasteiger partial charge in [-0.15, -0.1) is 0 Å². The lowest BCUT2D eigenvalue weighted by Gasteiger charge is -2.21. The summed E-state index contributed by atoms with van der Waals surface area (Å²) >= 11 is 6.58. The zero-order valence-electron chi connectivity index (χ0n) is 22.6. The highest BCUT2D eigenvalue weighted by Crippen LogP contribution is 2.43. The van der Waals surface area contributed by atoms with E-state index in [9.17, 15) is 17.6 Å². The number of hydrogen-bond acceptors (Lipinski definition) is 6. The fourth-order valence-corrected chi connectivity index (χ4v) is 5.51. The van der Waals surface area contributed by atoms with Gasteiger partial charge in [0.15, 0.2) is 5.58 Å². The number of nitrogens with zero attached hydrogens (tertiary/aromatic N) is 2. The minimum Gasteiger partial charge on any atom is -0.455 e. The molecule has 6 aromatic rings. The highest BCUT2D eigenvalue weighted by Gasteiger charge is 2.26. The molecule has 0 aliphatic carbocycles. The van der Waals surface area contributed by atoms with Crippen LogP contribution in [0.25, 0.3) is 56.0 Å². The molecule has 0 fully saturated rings. The number of aromatic nitrogens is 1. The fourth-order valence-electron chi connectivity index (χ4n) is 4.80. The summed E-state index contributed by atoms with van der Waals surface area (Å²) in [6, 6.07) is 21.3. The molecule has 0 spiro atoms. The first-order valence-electron chi connectivity index (χ1n) is 12.7. The first-order valence-corrected chi connectivity index (χ1v) is 15.0.